The molecule has 0 aliphatic heterocycles. The molecule has 0 saturated heterocycles. The van der Waals surface area contributed by atoms with Gasteiger partial charge in [0.05, 0.1) is 0 Å². The zero-order valence-corrected chi connectivity index (χ0v) is 87.1. The van der Waals surface area contributed by atoms with Crippen molar-refractivity contribution in [2.45, 2.75) is 620 Å². The zero-order valence-electron chi connectivity index (χ0n) is 83.9. The molecule has 5 aromatic carbocycles. The monoisotopic (exact) mass is 1770 g/mol. The van der Waals surface area contributed by atoms with Gasteiger partial charge in [0, 0.05) is 80.7 Å². The molecule has 0 amide bonds. The Kier molecular flexibility index (Phi) is 56.3. The van der Waals surface area contributed by atoms with Gasteiger partial charge >= 0.3 is 0 Å². The standard InChI is InChI=1S/C120H200S4/c1-9-17-25-33-41-49-57-65-73-81-89-97-98(90-82-74-66-58-50-42-34-26-18-10-2)114-106-105-107-109-111-112-110-108(106)116(122-114)101(93-85-77-69-61-53-45-37-29-21-13-5)102(94-86-78-70-62-54-46-38-30-22-14-6)118(110)124-120(112)104(96-88-80-72-64-56-48-40-32-24-16-8)103(95-87-79-71-63-55-47-39-31-23-15-7)119(111)123-117(109)100(92-84-76-68-60-52-44-36-28-20-12-4)99(115(107)121-113(97)105)91-83-75-67-59-51-43-35-27-19-11-3/h9-96H2,1-8H3. The summed E-state index contributed by atoms with van der Waals surface area (Å²) in [6.45, 7) is 19.1. The lowest BCUT2D eigenvalue weighted by Crippen LogP contribution is -2.00. The highest BCUT2D eigenvalue weighted by atomic mass is 32.1. The molecule has 0 saturated carbocycles. The number of hydrogen-bond acceptors (Lipinski definition) is 4. The van der Waals surface area contributed by atoms with Gasteiger partial charge in [-0.3, -0.25) is 0 Å². The lowest BCUT2D eigenvalue weighted by molar-refractivity contribution is 0.554. The molecule has 0 radical (unpaired) electrons. The topological polar surface area (TPSA) is 0 Å². The first kappa shape index (κ1) is 105. The molecule has 0 aliphatic carbocycles. The number of benzene rings is 4. The molecule has 0 unspecified atom stereocenters. The summed E-state index contributed by atoms with van der Waals surface area (Å²) in [4.78, 5) is 0. The maximum atomic E-state index is 2.44. The molecule has 4 heteroatoms. The van der Waals surface area contributed by atoms with Gasteiger partial charge in [-0.2, -0.15) is 0 Å². The Labute approximate surface area is 784 Å². The number of hydrogen-bond donors (Lipinski definition) is 0. The number of rotatable bonds is 88. The Morgan fingerprint density at radius 2 is 0.169 bits per heavy atom. The molecule has 0 fully saturated rings. The summed E-state index contributed by atoms with van der Waals surface area (Å²) in [7, 11) is 0. The fraction of sp³-hybridized carbons (Fsp3) is 0.800. The van der Waals surface area contributed by atoms with Crippen LogP contribution in [-0.4, -0.2) is 0 Å². The SMILES string of the molecule is CCCCCCCCCCCCc1c(CCCCCCCCCCCC)c2sc3c(CCCCCCCCCCCC)c(CCCCCCCCCCCC)c4sc5c(CCCCCCCCCCCC)c(CCCCCCCCCCCC)c6sc7c(CCCCCCCCCCCC)c(CCCCCCCCCCCC)c8sc1c1c8c7c6c5c4c3c21. The molecule has 4 heterocycles. The summed E-state index contributed by atoms with van der Waals surface area (Å²) in [5, 5.41) is 14.3. The van der Waals surface area contributed by atoms with Gasteiger partial charge in [-0.1, -0.05) is 518 Å². The first-order chi connectivity index (χ1) is 61.5. The molecule has 9 aromatic rings. The molecule has 0 nitrogen and oxygen atoms in total. The molecule has 9 rings (SSSR count). The maximum Gasteiger partial charge on any atom is 0.0397 e. The summed E-state index contributed by atoms with van der Waals surface area (Å²) in [6, 6.07) is 0. The van der Waals surface area contributed by atoms with Gasteiger partial charge in [-0.15, -0.1) is 45.3 Å². The predicted octanol–water partition coefficient (Wildman–Crippen LogP) is 45.2. The van der Waals surface area contributed by atoms with Crippen molar-refractivity contribution >= 4 is 126 Å². The number of thiophene rings is 4. The van der Waals surface area contributed by atoms with Crippen LogP contribution in [0.2, 0.25) is 0 Å². The minimum atomic E-state index is 1.27. The quantitative estimate of drug-likeness (QED) is 0.0333. The third-order valence-corrected chi connectivity index (χ3v) is 35.8. The van der Waals surface area contributed by atoms with Gasteiger partial charge in [0.2, 0.25) is 0 Å². The molecule has 4 aromatic heterocycles. The fourth-order valence-corrected chi connectivity index (χ4v) is 28.9. The zero-order chi connectivity index (χ0) is 86.9. The van der Waals surface area contributed by atoms with E-state index in [4.69, 9.17) is 0 Å². The van der Waals surface area contributed by atoms with Gasteiger partial charge in [0.25, 0.3) is 0 Å². The van der Waals surface area contributed by atoms with Gasteiger partial charge in [0.15, 0.2) is 0 Å². The molecule has 704 valence electrons. The van der Waals surface area contributed by atoms with E-state index in [9.17, 15) is 0 Å². The molecule has 0 N–H and O–H groups in total. The van der Waals surface area contributed by atoms with Crippen LogP contribution in [0.3, 0.4) is 0 Å². The number of aryl methyl sites for hydroxylation is 8. The first-order valence-corrected chi connectivity index (χ1v) is 60.4. The first-order valence-electron chi connectivity index (χ1n) is 57.1. The lowest BCUT2D eigenvalue weighted by Gasteiger charge is -2.18. The fourth-order valence-electron chi connectivity index (χ4n) is 22.9. The smallest absolute Gasteiger partial charge is 0.0397 e. The van der Waals surface area contributed by atoms with Gasteiger partial charge in [-0.25, -0.2) is 0 Å². The van der Waals surface area contributed by atoms with E-state index < -0.39 is 0 Å². The second-order valence-corrected chi connectivity index (χ2v) is 45.4. The lowest BCUT2D eigenvalue weighted by atomic mass is 9.84. The Morgan fingerprint density at radius 3 is 0.250 bits per heavy atom. The normalized spacial score (nSPS) is 12.5. The average molecular weight is 1770 g/mol. The van der Waals surface area contributed by atoms with Crippen LogP contribution in [0.5, 0.6) is 0 Å². The summed E-state index contributed by atoms with van der Waals surface area (Å²) < 4.78 is 14.3. The van der Waals surface area contributed by atoms with Gasteiger partial charge in [0.1, 0.15) is 0 Å². The third-order valence-electron chi connectivity index (χ3n) is 30.5. The van der Waals surface area contributed by atoms with Crippen LogP contribution in [0.15, 0.2) is 0 Å². The van der Waals surface area contributed by atoms with E-state index in [1.165, 1.54) is 565 Å². The summed E-state index contributed by atoms with van der Waals surface area (Å²) >= 11 is 9.75. The molecular formula is C120H200S4. The maximum absolute atomic E-state index is 2.44. The van der Waals surface area contributed by atoms with Crippen molar-refractivity contribution in [1.29, 1.82) is 0 Å². The molecule has 0 atom stereocenters. The van der Waals surface area contributed by atoms with Crippen LogP contribution in [0.4, 0.5) is 0 Å². The van der Waals surface area contributed by atoms with E-state index in [1.54, 1.807) is 80.7 Å². The van der Waals surface area contributed by atoms with Crippen molar-refractivity contribution in [3.8, 4) is 0 Å². The second kappa shape index (κ2) is 66.2. The third kappa shape index (κ3) is 34.3. The molecule has 0 aliphatic rings. The van der Waals surface area contributed by atoms with Crippen LogP contribution < -0.4 is 0 Å². The molecule has 124 heavy (non-hydrogen) atoms. The van der Waals surface area contributed by atoms with Crippen LogP contribution >= 0.6 is 45.3 Å². The van der Waals surface area contributed by atoms with Crippen LogP contribution in [-0.2, 0) is 51.4 Å². The van der Waals surface area contributed by atoms with Crippen molar-refractivity contribution in [3.63, 3.8) is 0 Å². The second-order valence-electron chi connectivity index (χ2n) is 41.3. The highest BCUT2D eigenvalue weighted by molar-refractivity contribution is 7.31. The van der Waals surface area contributed by atoms with E-state index >= 15 is 0 Å². The van der Waals surface area contributed by atoms with Crippen molar-refractivity contribution < 1.29 is 0 Å². The molecule has 0 spiro atoms. The van der Waals surface area contributed by atoms with Crippen molar-refractivity contribution in [3.05, 3.63) is 44.5 Å². The van der Waals surface area contributed by atoms with E-state index in [1.807, 2.05) is 44.5 Å². The molecule has 0 bridgehead atoms. The Morgan fingerprint density at radius 1 is 0.0968 bits per heavy atom. The summed E-state index contributed by atoms with van der Waals surface area (Å²) in [5.74, 6) is 0. The minimum absolute atomic E-state index is 1.27. The van der Waals surface area contributed by atoms with Crippen LogP contribution in [0.1, 0.15) is 614 Å². The van der Waals surface area contributed by atoms with Gasteiger partial charge < -0.3 is 0 Å². The van der Waals surface area contributed by atoms with Crippen LogP contribution in [0.25, 0.3) is 80.7 Å². The highest BCUT2D eigenvalue weighted by Gasteiger charge is 2.35. The molecular weight excluding hydrogens is 1570 g/mol. The Hall–Kier alpha value is -2.24. The number of unbranched alkanes of at least 4 members (excludes halogenated alkanes) is 72. The van der Waals surface area contributed by atoms with Crippen LogP contribution in [0, 0.1) is 0 Å². The van der Waals surface area contributed by atoms with E-state index in [0.717, 1.165) is 0 Å². The van der Waals surface area contributed by atoms with E-state index in [-0.39, 0.29) is 0 Å². The average Bonchev–Trinajstić information content (AvgIpc) is 1.49. The largest absolute Gasteiger partial charge is 0.135 e. The highest BCUT2D eigenvalue weighted by Crippen LogP contribution is 2.62. The van der Waals surface area contributed by atoms with Gasteiger partial charge in [-0.05, 0) is 147 Å². The van der Waals surface area contributed by atoms with E-state index in [2.05, 4.69) is 101 Å². The van der Waals surface area contributed by atoms with E-state index in [0.29, 0.717) is 0 Å². The van der Waals surface area contributed by atoms with Crippen molar-refractivity contribution in [1.82, 2.24) is 0 Å². The van der Waals surface area contributed by atoms with Crippen molar-refractivity contribution in [2.75, 3.05) is 0 Å². The predicted molar refractivity (Wildman–Crippen MR) is 576 cm³/mol. The van der Waals surface area contributed by atoms with Crippen molar-refractivity contribution in [2.24, 2.45) is 0 Å². The Bertz CT molecular complexity index is 3250. The Balaban J connectivity index is 1.32. The minimum Gasteiger partial charge on any atom is -0.135 e. The summed E-state index contributed by atoms with van der Waals surface area (Å²) in [5.41, 5.74) is 14.8. The summed E-state index contributed by atoms with van der Waals surface area (Å²) in [6.07, 6.45) is 123.